The number of fused-ring (bicyclic) bond motifs is 3. The van der Waals surface area contributed by atoms with Crippen molar-refractivity contribution in [3.8, 4) is 22.6 Å². The van der Waals surface area contributed by atoms with Crippen molar-refractivity contribution >= 4 is 60.5 Å². The van der Waals surface area contributed by atoms with Crippen molar-refractivity contribution in [1.29, 1.82) is 0 Å². The molecule has 0 aromatic heterocycles. The highest BCUT2D eigenvalue weighted by Gasteiger charge is 2.23. The molecule has 370 valence electrons. The van der Waals surface area contributed by atoms with E-state index in [-0.39, 0.29) is 23.5 Å². The fourth-order valence-electron chi connectivity index (χ4n) is 8.22. The molecule has 1 aliphatic heterocycles. The number of Topliss-reactive ketones (excluding diaryl/α,β-unsaturated/α-hetero) is 1. The van der Waals surface area contributed by atoms with Gasteiger partial charge in [0.2, 0.25) is 0 Å². The summed E-state index contributed by atoms with van der Waals surface area (Å²) in [4.78, 5) is 12.4. The zero-order valence-corrected chi connectivity index (χ0v) is 42.3. The SMILES string of the molecule is C=CS(=O)c1ccccc1.CC(O)c1cccc2ccccc12.CC(O)c1ccccc1.ClCC1CO1.O=C1CCCCC1c1ccccc1.Oc1ccc2ccccc2c1-c1c(O)ccc2ccccc12. The number of rotatable bonds is 7. The molecule has 1 saturated carbocycles. The van der Waals surface area contributed by atoms with Gasteiger partial charge in [-0.1, -0.05) is 195 Å². The van der Waals surface area contributed by atoms with Gasteiger partial charge >= 0.3 is 0 Å². The van der Waals surface area contributed by atoms with Gasteiger partial charge in [0.05, 0.1) is 41.6 Å². The molecule has 2 fully saturated rings. The van der Waals surface area contributed by atoms with Crippen LogP contribution < -0.4 is 0 Å². The first-order valence-electron chi connectivity index (χ1n) is 24.1. The monoisotopic (exact) mass is 998 g/mol. The third kappa shape index (κ3) is 15.8. The maximum atomic E-state index is 11.6. The van der Waals surface area contributed by atoms with E-state index in [4.69, 9.17) is 21.4 Å². The van der Waals surface area contributed by atoms with Crippen LogP contribution in [0.15, 0.2) is 223 Å². The average Bonchev–Trinajstić information content (AvgIpc) is 4.28. The van der Waals surface area contributed by atoms with Gasteiger partial charge in [-0.3, -0.25) is 4.79 Å². The molecule has 1 saturated heterocycles. The summed E-state index contributed by atoms with van der Waals surface area (Å²) in [6.45, 7) is 7.87. The van der Waals surface area contributed by atoms with E-state index in [1.165, 1.54) is 22.8 Å². The molecule has 72 heavy (non-hydrogen) atoms. The summed E-state index contributed by atoms with van der Waals surface area (Å²) >= 11 is 5.27. The van der Waals surface area contributed by atoms with Crippen molar-refractivity contribution in [3.05, 3.63) is 235 Å². The third-order valence-electron chi connectivity index (χ3n) is 12.1. The quantitative estimate of drug-likeness (QED) is 0.0925. The lowest BCUT2D eigenvalue weighted by molar-refractivity contribution is -0.121. The smallest absolute Gasteiger partial charge is 0.140 e. The summed E-state index contributed by atoms with van der Waals surface area (Å²) in [5, 5.41) is 47.1. The fourth-order valence-corrected chi connectivity index (χ4v) is 9.02. The van der Waals surface area contributed by atoms with E-state index in [1.807, 2.05) is 170 Å². The average molecular weight is 1000 g/mol. The number of carbonyl (C=O) groups is 1. The van der Waals surface area contributed by atoms with Crippen molar-refractivity contribution in [1.82, 2.24) is 0 Å². The zero-order valence-electron chi connectivity index (χ0n) is 40.8. The molecule has 9 aromatic carbocycles. The Morgan fingerprint density at radius 2 is 1.06 bits per heavy atom. The van der Waals surface area contributed by atoms with Gasteiger partial charge in [0.1, 0.15) is 17.3 Å². The number of alkyl halides is 1. The summed E-state index contributed by atoms with van der Waals surface area (Å²) in [6, 6.07) is 65.9. The number of phenols is 2. The number of benzene rings is 9. The number of phenolic OH excluding ortho intramolecular Hbond substituents is 2. The highest BCUT2D eigenvalue weighted by atomic mass is 35.5. The van der Waals surface area contributed by atoms with Crippen LogP contribution in [0.4, 0.5) is 0 Å². The van der Waals surface area contributed by atoms with Gasteiger partial charge < -0.3 is 25.2 Å². The van der Waals surface area contributed by atoms with Crippen LogP contribution >= 0.6 is 11.6 Å². The number of aliphatic hydroxyl groups excluding tert-OH is 2. The number of ether oxygens (including phenoxy) is 1. The second kappa shape index (κ2) is 28.2. The molecule has 1 heterocycles. The number of epoxide rings is 1. The largest absolute Gasteiger partial charge is 0.507 e. The Bertz CT molecular complexity index is 3030. The van der Waals surface area contributed by atoms with Crippen LogP contribution in [0, 0.1) is 0 Å². The fraction of sp³-hybridized carbons (Fsp3) is 0.190. The number of ketones is 1. The standard InChI is InChI=1S/C20H14O2.C12H12O.C12H14O.C8H8OS.C8H10O.C3H5ClO/c21-17-11-9-13-5-1-3-7-15(13)19(17)20-16-8-4-2-6-14(16)10-12-18(20)22;1-9(13)11-8-4-6-10-5-2-3-7-12(10)11;13-12-9-5-4-8-11(12)10-6-2-1-3-7-10;1-2-10(9)8-6-4-3-5-7-8;1-7(9)8-5-3-2-4-6-8;4-1-3-2-5-3/h1-12,21-22H;2-9,13H,1H3;1-3,6-7,11H,4-5,8-9H2;2-7H,1H2;2-7,9H,1H3;3H,1-2H2. The molecular formula is C63H63ClO7S. The van der Waals surface area contributed by atoms with E-state index in [0.29, 0.717) is 28.9 Å². The van der Waals surface area contributed by atoms with Crippen LogP contribution in [-0.4, -0.2) is 49.0 Å². The summed E-state index contributed by atoms with van der Waals surface area (Å²) in [5.41, 5.74) is 4.52. The minimum absolute atomic E-state index is 0.172. The number of aliphatic hydroxyl groups is 2. The Hall–Kier alpha value is -6.91. The Labute approximate surface area is 431 Å². The molecule has 1 aliphatic carbocycles. The molecule has 9 aromatic rings. The van der Waals surface area contributed by atoms with E-state index < -0.39 is 16.9 Å². The van der Waals surface area contributed by atoms with Crippen LogP contribution in [0.5, 0.6) is 11.5 Å². The Morgan fingerprint density at radius 1 is 0.597 bits per heavy atom. The minimum atomic E-state index is -1.03. The molecule has 0 spiro atoms. The van der Waals surface area contributed by atoms with E-state index in [2.05, 4.69) is 30.8 Å². The number of hydrogen-bond acceptors (Lipinski definition) is 7. The van der Waals surface area contributed by atoms with Crippen LogP contribution in [-0.2, 0) is 20.3 Å². The van der Waals surface area contributed by atoms with Crippen molar-refractivity contribution < 1.29 is 34.2 Å². The first-order chi connectivity index (χ1) is 35.0. The lowest BCUT2D eigenvalue weighted by Crippen LogP contribution is -2.16. The van der Waals surface area contributed by atoms with Crippen LogP contribution in [0.25, 0.3) is 43.4 Å². The van der Waals surface area contributed by atoms with Gasteiger partial charge in [-0.05, 0) is 100.0 Å². The lowest BCUT2D eigenvalue weighted by Gasteiger charge is -2.20. The third-order valence-corrected chi connectivity index (χ3v) is 13.5. The van der Waals surface area contributed by atoms with Gasteiger partial charge in [-0.15, -0.1) is 11.6 Å². The Balaban J connectivity index is 0.000000149. The van der Waals surface area contributed by atoms with Gasteiger partial charge in [0, 0.05) is 33.8 Å². The molecule has 9 heteroatoms. The van der Waals surface area contributed by atoms with Crippen LogP contribution in [0.3, 0.4) is 0 Å². The molecule has 7 nitrogen and oxygen atoms in total. The molecule has 5 unspecified atom stereocenters. The van der Waals surface area contributed by atoms with E-state index in [0.717, 1.165) is 68.8 Å². The molecule has 0 radical (unpaired) electrons. The van der Waals surface area contributed by atoms with Gasteiger partial charge in [0.15, 0.2) is 0 Å². The number of aromatic hydroxyl groups is 2. The number of hydrogen-bond donors (Lipinski definition) is 4. The molecular weight excluding hydrogens is 936 g/mol. The minimum Gasteiger partial charge on any atom is -0.507 e. The molecule has 5 atom stereocenters. The summed E-state index contributed by atoms with van der Waals surface area (Å²) in [7, 11) is -1.03. The maximum absolute atomic E-state index is 11.6. The van der Waals surface area contributed by atoms with Crippen molar-refractivity contribution in [3.63, 3.8) is 0 Å². The van der Waals surface area contributed by atoms with Gasteiger partial charge in [-0.25, -0.2) is 4.21 Å². The predicted octanol–water partition coefficient (Wildman–Crippen LogP) is 15.2. The van der Waals surface area contributed by atoms with E-state index in [1.54, 1.807) is 26.0 Å². The highest BCUT2D eigenvalue weighted by Crippen LogP contribution is 2.44. The predicted molar refractivity (Wildman–Crippen MR) is 298 cm³/mol. The molecule has 4 N–H and O–H groups in total. The second-order valence-electron chi connectivity index (χ2n) is 17.3. The molecule has 0 bridgehead atoms. The number of halogens is 1. The number of carbonyl (C=O) groups excluding carboxylic acids is 1. The Morgan fingerprint density at radius 3 is 1.50 bits per heavy atom. The van der Waals surface area contributed by atoms with E-state index in [9.17, 15) is 24.3 Å². The highest BCUT2D eigenvalue weighted by molar-refractivity contribution is 7.88. The Kier molecular flexibility index (Phi) is 21.3. The first-order valence-corrected chi connectivity index (χ1v) is 25.9. The van der Waals surface area contributed by atoms with Crippen molar-refractivity contribution in [2.45, 2.75) is 68.7 Å². The normalized spacial score (nSPS) is 15.7. The maximum Gasteiger partial charge on any atom is 0.140 e. The van der Waals surface area contributed by atoms with Gasteiger partial charge in [0.25, 0.3) is 0 Å². The van der Waals surface area contributed by atoms with Crippen LogP contribution in [0.2, 0.25) is 0 Å². The van der Waals surface area contributed by atoms with Crippen molar-refractivity contribution in [2.75, 3.05) is 12.5 Å². The second-order valence-corrected chi connectivity index (χ2v) is 19.0. The zero-order chi connectivity index (χ0) is 51.2. The van der Waals surface area contributed by atoms with E-state index >= 15 is 0 Å². The van der Waals surface area contributed by atoms with Crippen molar-refractivity contribution in [2.24, 2.45) is 0 Å². The molecule has 11 rings (SSSR count). The summed E-state index contributed by atoms with van der Waals surface area (Å²) in [6.07, 6.45) is 3.77. The first kappa shape index (κ1) is 54.4. The lowest BCUT2D eigenvalue weighted by atomic mass is 9.83. The van der Waals surface area contributed by atoms with Crippen LogP contribution in [0.1, 0.15) is 74.3 Å². The van der Waals surface area contributed by atoms with Gasteiger partial charge in [-0.2, -0.15) is 0 Å². The summed E-state index contributed by atoms with van der Waals surface area (Å²) < 4.78 is 15.7. The molecule has 0 amide bonds. The summed E-state index contributed by atoms with van der Waals surface area (Å²) in [5.74, 6) is 1.63. The topological polar surface area (TPSA) is 128 Å². The molecule has 2 aliphatic rings.